The van der Waals surface area contributed by atoms with Crippen molar-refractivity contribution in [2.24, 2.45) is 0 Å². The number of nitrogens with zero attached hydrogens (tertiary/aromatic N) is 1. The van der Waals surface area contributed by atoms with Crippen LogP contribution in [0.4, 0.5) is 0 Å². The monoisotopic (exact) mass is 225 g/mol. The van der Waals surface area contributed by atoms with Gasteiger partial charge in [0.1, 0.15) is 5.82 Å². The van der Waals surface area contributed by atoms with Crippen LogP contribution in [0.1, 0.15) is 39.1 Å². The molecule has 2 N–H and O–H groups in total. The molecule has 90 valence electrons. The van der Waals surface area contributed by atoms with Gasteiger partial charge in [-0.15, -0.1) is 0 Å². The highest BCUT2D eigenvalue weighted by Crippen LogP contribution is 2.14. The largest absolute Gasteiger partial charge is 0.378 e. The fraction of sp³-hybridized carbons (Fsp3) is 0.636. The number of H-pyrrole nitrogens is 1. The molecule has 0 spiro atoms. The lowest BCUT2D eigenvalue weighted by atomic mass is 10.0. The number of aromatic amines is 1. The number of ether oxygens (including phenoxy) is 1. The van der Waals surface area contributed by atoms with E-state index < -0.39 is 5.60 Å². The van der Waals surface area contributed by atoms with Gasteiger partial charge in [0, 0.05) is 19.5 Å². The number of aromatic nitrogens is 2. The highest BCUT2D eigenvalue weighted by molar-refractivity contribution is 5.77. The predicted molar refractivity (Wildman–Crippen MR) is 60.9 cm³/mol. The number of carbonyl (C=O) groups is 1. The molecule has 1 aromatic rings. The molecule has 0 bridgehead atoms. The van der Waals surface area contributed by atoms with E-state index in [0.717, 1.165) is 5.82 Å². The van der Waals surface area contributed by atoms with Crippen LogP contribution < -0.4 is 5.32 Å². The van der Waals surface area contributed by atoms with Crippen molar-refractivity contribution in [1.29, 1.82) is 0 Å². The number of amides is 1. The van der Waals surface area contributed by atoms with Gasteiger partial charge >= 0.3 is 0 Å². The van der Waals surface area contributed by atoms with Gasteiger partial charge in [-0.2, -0.15) is 0 Å². The standard InChI is InChI=1S/C11H19N3O2/c1-8(10-12-5-6-13-10)14-9(15)7-11(2,3)16-4/h5-6,8H,7H2,1-4H3,(H,12,13)(H,14,15). The van der Waals surface area contributed by atoms with Crippen LogP contribution in [0.2, 0.25) is 0 Å². The minimum Gasteiger partial charge on any atom is -0.378 e. The van der Waals surface area contributed by atoms with Gasteiger partial charge in [-0.05, 0) is 20.8 Å². The van der Waals surface area contributed by atoms with Crippen LogP contribution >= 0.6 is 0 Å². The highest BCUT2D eigenvalue weighted by atomic mass is 16.5. The molecule has 1 heterocycles. The summed E-state index contributed by atoms with van der Waals surface area (Å²) in [6.45, 7) is 5.64. The second-order valence-corrected chi connectivity index (χ2v) is 4.40. The summed E-state index contributed by atoms with van der Waals surface area (Å²) in [4.78, 5) is 18.7. The van der Waals surface area contributed by atoms with Gasteiger partial charge in [-0.1, -0.05) is 0 Å². The second-order valence-electron chi connectivity index (χ2n) is 4.40. The van der Waals surface area contributed by atoms with Gasteiger partial charge in [-0.3, -0.25) is 4.79 Å². The summed E-state index contributed by atoms with van der Waals surface area (Å²) in [6.07, 6.45) is 3.72. The van der Waals surface area contributed by atoms with Crippen molar-refractivity contribution in [2.45, 2.75) is 38.8 Å². The van der Waals surface area contributed by atoms with Gasteiger partial charge < -0.3 is 15.0 Å². The van der Waals surface area contributed by atoms with Crippen LogP contribution in [0.5, 0.6) is 0 Å². The fourth-order valence-electron chi connectivity index (χ4n) is 1.33. The highest BCUT2D eigenvalue weighted by Gasteiger charge is 2.22. The molecule has 0 saturated carbocycles. The Morgan fingerprint density at radius 1 is 1.69 bits per heavy atom. The van der Waals surface area contributed by atoms with Crippen molar-refractivity contribution in [3.05, 3.63) is 18.2 Å². The third-order valence-corrected chi connectivity index (χ3v) is 2.45. The molecule has 1 atom stereocenters. The Kier molecular flexibility index (Phi) is 4.06. The molecule has 0 radical (unpaired) electrons. The average molecular weight is 225 g/mol. The molecule has 1 unspecified atom stereocenters. The number of hydrogen-bond acceptors (Lipinski definition) is 3. The quantitative estimate of drug-likeness (QED) is 0.796. The molecule has 0 fully saturated rings. The summed E-state index contributed by atoms with van der Waals surface area (Å²) in [5.41, 5.74) is -0.438. The Balaban J connectivity index is 2.46. The van der Waals surface area contributed by atoms with Gasteiger partial charge in [0.2, 0.25) is 5.91 Å². The van der Waals surface area contributed by atoms with Crippen molar-refractivity contribution >= 4 is 5.91 Å². The molecule has 0 aliphatic heterocycles. The van der Waals surface area contributed by atoms with E-state index in [9.17, 15) is 4.79 Å². The molecule has 1 aromatic heterocycles. The van der Waals surface area contributed by atoms with Gasteiger partial charge in [0.25, 0.3) is 0 Å². The maximum Gasteiger partial charge on any atom is 0.223 e. The molecule has 1 amide bonds. The first-order valence-electron chi connectivity index (χ1n) is 5.28. The summed E-state index contributed by atoms with van der Waals surface area (Å²) in [5.74, 6) is 0.708. The minimum absolute atomic E-state index is 0.0456. The predicted octanol–water partition coefficient (Wildman–Crippen LogP) is 1.40. The molecule has 16 heavy (non-hydrogen) atoms. The molecule has 1 rings (SSSR count). The van der Waals surface area contributed by atoms with Crippen molar-refractivity contribution in [2.75, 3.05) is 7.11 Å². The van der Waals surface area contributed by atoms with E-state index >= 15 is 0 Å². The molecule has 0 aromatic carbocycles. The smallest absolute Gasteiger partial charge is 0.223 e. The third kappa shape index (κ3) is 3.66. The van der Waals surface area contributed by atoms with E-state index in [2.05, 4.69) is 15.3 Å². The first-order valence-corrected chi connectivity index (χ1v) is 5.28. The zero-order valence-electron chi connectivity index (χ0n) is 10.2. The molecule has 0 aliphatic rings. The Morgan fingerprint density at radius 2 is 2.38 bits per heavy atom. The van der Waals surface area contributed by atoms with Crippen LogP contribution in [-0.2, 0) is 9.53 Å². The number of methoxy groups -OCH3 is 1. The first-order chi connectivity index (χ1) is 7.44. The van der Waals surface area contributed by atoms with E-state index in [-0.39, 0.29) is 11.9 Å². The van der Waals surface area contributed by atoms with E-state index in [4.69, 9.17) is 4.74 Å². The van der Waals surface area contributed by atoms with Crippen molar-refractivity contribution in [1.82, 2.24) is 15.3 Å². The molecular weight excluding hydrogens is 206 g/mol. The van der Waals surface area contributed by atoms with Gasteiger partial charge in [0.05, 0.1) is 18.1 Å². The number of nitrogens with one attached hydrogen (secondary N) is 2. The number of imidazole rings is 1. The van der Waals surface area contributed by atoms with E-state index in [1.807, 2.05) is 20.8 Å². The van der Waals surface area contributed by atoms with Crippen LogP contribution in [0, 0.1) is 0 Å². The molecular formula is C11H19N3O2. The maximum atomic E-state index is 11.7. The third-order valence-electron chi connectivity index (χ3n) is 2.45. The van der Waals surface area contributed by atoms with Crippen LogP contribution in [0.3, 0.4) is 0 Å². The van der Waals surface area contributed by atoms with Crippen molar-refractivity contribution in [3.63, 3.8) is 0 Å². The fourth-order valence-corrected chi connectivity index (χ4v) is 1.33. The summed E-state index contributed by atoms with van der Waals surface area (Å²) >= 11 is 0. The van der Waals surface area contributed by atoms with E-state index in [1.165, 1.54) is 0 Å². The Bertz CT molecular complexity index is 333. The zero-order valence-corrected chi connectivity index (χ0v) is 10.2. The average Bonchev–Trinajstić information content (AvgIpc) is 2.69. The molecule has 0 aliphatic carbocycles. The summed E-state index contributed by atoms with van der Waals surface area (Å²) in [5, 5.41) is 2.86. The van der Waals surface area contributed by atoms with Gasteiger partial charge in [-0.25, -0.2) is 4.98 Å². The number of rotatable bonds is 5. The molecule has 5 heteroatoms. The SMILES string of the molecule is COC(C)(C)CC(=O)NC(C)c1ncc[nH]1. The minimum atomic E-state index is -0.438. The molecule has 0 saturated heterocycles. The maximum absolute atomic E-state index is 11.7. The number of carbonyl (C=O) groups excluding carboxylic acids is 1. The lowest BCUT2D eigenvalue weighted by Crippen LogP contribution is -2.35. The van der Waals surface area contributed by atoms with Crippen LogP contribution in [0.25, 0.3) is 0 Å². The Labute approximate surface area is 95.6 Å². The van der Waals surface area contributed by atoms with E-state index in [1.54, 1.807) is 19.5 Å². The van der Waals surface area contributed by atoms with Crippen molar-refractivity contribution in [3.8, 4) is 0 Å². The van der Waals surface area contributed by atoms with Crippen molar-refractivity contribution < 1.29 is 9.53 Å². The first kappa shape index (κ1) is 12.7. The Morgan fingerprint density at radius 3 is 2.88 bits per heavy atom. The van der Waals surface area contributed by atoms with E-state index in [0.29, 0.717) is 6.42 Å². The summed E-state index contributed by atoms with van der Waals surface area (Å²) in [6, 6.07) is -0.116. The lowest BCUT2D eigenvalue weighted by molar-refractivity contribution is -0.126. The Hall–Kier alpha value is -1.36. The topological polar surface area (TPSA) is 67.0 Å². The summed E-state index contributed by atoms with van der Waals surface area (Å²) in [7, 11) is 1.60. The lowest BCUT2D eigenvalue weighted by Gasteiger charge is -2.23. The zero-order chi connectivity index (χ0) is 12.2. The van der Waals surface area contributed by atoms with Crippen LogP contribution in [-0.4, -0.2) is 28.6 Å². The normalized spacial score (nSPS) is 13.5. The van der Waals surface area contributed by atoms with Crippen LogP contribution in [0.15, 0.2) is 12.4 Å². The molecule has 5 nitrogen and oxygen atoms in total. The summed E-state index contributed by atoms with van der Waals surface area (Å²) < 4.78 is 5.20. The van der Waals surface area contributed by atoms with Gasteiger partial charge in [0.15, 0.2) is 0 Å². The second kappa shape index (κ2) is 5.12. The number of hydrogen-bond donors (Lipinski definition) is 2.